The molecule has 0 bridgehead atoms. The molecule has 2 aromatic rings. The van der Waals surface area contributed by atoms with E-state index in [2.05, 4.69) is 34.0 Å². The van der Waals surface area contributed by atoms with Gasteiger partial charge in [0, 0.05) is 32.1 Å². The number of benzene rings is 1. The Balaban J connectivity index is 1.59. The second kappa shape index (κ2) is 8.52. The van der Waals surface area contributed by atoms with Gasteiger partial charge in [0.2, 0.25) is 15.9 Å². The maximum absolute atomic E-state index is 13.0. The van der Waals surface area contributed by atoms with Crippen molar-refractivity contribution in [3.8, 4) is 0 Å². The molecule has 3 N–H and O–H groups in total. The van der Waals surface area contributed by atoms with Crippen molar-refractivity contribution in [2.75, 3.05) is 40.3 Å². The van der Waals surface area contributed by atoms with Crippen LogP contribution in [0.2, 0.25) is 0 Å². The standard InChI is InChI=1S/C20H31N5O4S/c1-20(2,13-24(3)4)12-21-18(26)14-7-9-25(10-8-14)30(28,29)15-5-6-16-17(11-15)23-19(27)22-16/h5-6,11,14H,7-10,12-13H2,1-4H3,(H,21,26)(H2,22,23,27). The van der Waals surface area contributed by atoms with E-state index in [-0.39, 0.29) is 27.8 Å². The van der Waals surface area contributed by atoms with E-state index in [1.807, 2.05) is 14.1 Å². The number of fused-ring (bicyclic) bond motifs is 1. The lowest BCUT2D eigenvalue weighted by Gasteiger charge is -2.32. The third-order valence-corrected chi connectivity index (χ3v) is 7.33. The number of aromatic amines is 2. The van der Waals surface area contributed by atoms with E-state index in [0.717, 1.165) is 6.54 Å². The van der Waals surface area contributed by atoms with Crippen LogP contribution < -0.4 is 11.0 Å². The summed E-state index contributed by atoms with van der Waals surface area (Å²) in [5, 5.41) is 3.03. The predicted octanol–water partition coefficient (Wildman–Crippen LogP) is 0.961. The first-order chi connectivity index (χ1) is 14.0. The first-order valence-electron chi connectivity index (χ1n) is 10.1. The van der Waals surface area contributed by atoms with Gasteiger partial charge in [-0.2, -0.15) is 4.31 Å². The lowest BCUT2D eigenvalue weighted by molar-refractivity contribution is -0.126. The van der Waals surface area contributed by atoms with Gasteiger partial charge >= 0.3 is 5.69 Å². The molecule has 1 saturated heterocycles. The number of carbonyl (C=O) groups is 1. The highest BCUT2D eigenvalue weighted by molar-refractivity contribution is 7.89. The van der Waals surface area contributed by atoms with Crippen molar-refractivity contribution in [3.05, 3.63) is 28.7 Å². The molecule has 10 heteroatoms. The molecular weight excluding hydrogens is 406 g/mol. The number of nitrogens with zero attached hydrogens (tertiary/aromatic N) is 2. The number of H-pyrrole nitrogens is 2. The molecular formula is C20H31N5O4S. The summed E-state index contributed by atoms with van der Waals surface area (Å²) in [6.07, 6.45) is 0.977. The zero-order chi connectivity index (χ0) is 22.1. The van der Waals surface area contributed by atoms with Gasteiger partial charge < -0.3 is 20.2 Å². The highest BCUT2D eigenvalue weighted by Gasteiger charge is 2.33. The Morgan fingerprint density at radius 3 is 2.47 bits per heavy atom. The minimum Gasteiger partial charge on any atom is -0.355 e. The monoisotopic (exact) mass is 437 g/mol. The van der Waals surface area contributed by atoms with Crippen molar-refractivity contribution < 1.29 is 13.2 Å². The maximum atomic E-state index is 13.0. The van der Waals surface area contributed by atoms with Gasteiger partial charge in [0.05, 0.1) is 15.9 Å². The molecule has 1 fully saturated rings. The number of hydrogen-bond donors (Lipinski definition) is 3. The van der Waals surface area contributed by atoms with Crippen molar-refractivity contribution in [2.24, 2.45) is 11.3 Å². The van der Waals surface area contributed by atoms with E-state index in [1.165, 1.54) is 16.4 Å². The highest BCUT2D eigenvalue weighted by atomic mass is 32.2. The van der Waals surface area contributed by atoms with Gasteiger partial charge in [0.1, 0.15) is 0 Å². The number of imidazole rings is 1. The SMILES string of the molecule is CN(C)CC(C)(C)CNC(=O)C1CCN(S(=O)(=O)c2ccc3[nH]c(=O)[nH]c3c2)CC1. The van der Waals surface area contributed by atoms with Crippen LogP contribution in [-0.2, 0) is 14.8 Å². The zero-order valence-electron chi connectivity index (χ0n) is 18.0. The summed E-state index contributed by atoms with van der Waals surface area (Å²) in [5.74, 6) is -0.194. The van der Waals surface area contributed by atoms with Crippen LogP contribution in [0.4, 0.5) is 0 Å². The lowest BCUT2D eigenvalue weighted by atomic mass is 9.91. The van der Waals surface area contributed by atoms with E-state index in [1.54, 1.807) is 6.07 Å². The molecule has 166 valence electrons. The van der Waals surface area contributed by atoms with Crippen LogP contribution >= 0.6 is 0 Å². The molecule has 0 radical (unpaired) electrons. The number of hydrogen-bond acceptors (Lipinski definition) is 5. The summed E-state index contributed by atoms with van der Waals surface area (Å²) in [4.78, 5) is 31.4. The molecule has 0 aliphatic carbocycles. The number of sulfonamides is 1. The third kappa shape index (κ3) is 5.11. The summed E-state index contributed by atoms with van der Waals surface area (Å²) in [6, 6.07) is 4.54. The van der Waals surface area contributed by atoms with Crippen molar-refractivity contribution in [1.29, 1.82) is 0 Å². The van der Waals surface area contributed by atoms with Crippen LogP contribution in [0.15, 0.2) is 27.9 Å². The smallest absolute Gasteiger partial charge is 0.323 e. The van der Waals surface area contributed by atoms with Crippen molar-refractivity contribution in [1.82, 2.24) is 24.5 Å². The molecule has 0 atom stereocenters. The van der Waals surface area contributed by atoms with Gasteiger partial charge in [-0.3, -0.25) is 4.79 Å². The minimum atomic E-state index is -3.68. The molecule has 1 aromatic carbocycles. The Kier molecular flexibility index (Phi) is 6.40. The van der Waals surface area contributed by atoms with Crippen molar-refractivity contribution >= 4 is 27.0 Å². The Bertz CT molecular complexity index is 1060. The Morgan fingerprint density at radius 2 is 1.83 bits per heavy atom. The van der Waals surface area contributed by atoms with Crippen LogP contribution in [0.25, 0.3) is 11.0 Å². The summed E-state index contributed by atoms with van der Waals surface area (Å²) in [7, 11) is 0.328. The molecule has 30 heavy (non-hydrogen) atoms. The Labute approximate surface area is 176 Å². The van der Waals surface area contributed by atoms with E-state index < -0.39 is 10.0 Å². The molecule has 1 aliphatic rings. The quantitative estimate of drug-likeness (QED) is 0.596. The van der Waals surface area contributed by atoms with Crippen LogP contribution in [0, 0.1) is 11.3 Å². The molecule has 0 saturated carbocycles. The molecule has 1 amide bonds. The highest BCUT2D eigenvalue weighted by Crippen LogP contribution is 2.25. The van der Waals surface area contributed by atoms with Crippen LogP contribution in [-0.4, -0.2) is 73.8 Å². The number of piperidine rings is 1. The van der Waals surface area contributed by atoms with Gasteiger partial charge in [0.25, 0.3) is 0 Å². The van der Waals surface area contributed by atoms with Gasteiger partial charge in [-0.1, -0.05) is 13.8 Å². The summed E-state index contributed by atoms with van der Waals surface area (Å²) >= 11 is 0. The molecule has 1 aliphatic heterocycles. The van der Waals surface area contributed by atoms with Gasteiger partial charge in [-0.05, 0) is 50.6 Å². The van der Waals surface area contributed by atoms with Crippen molar-refractivity contribution in [2.45, 2.75) is 31.6 Å². The fourth-order valence-electron chi connectivity index (χ4n) is 4.06. The third-order valence-electron chi connectivity index (χ3n) is 5.44. The zero-order valence-corrected chi connectivity index (χ0v) is 18.8. The van der Waals surface area contributed by atoms with E-state index in [0.29, 0.717) is 43.5 Å². The number of aromatic nitrogens is 2. The fraction of sp³-hybridized carbons (Fsp3) is 0.600. The van der Waals surface area contributed by atoms with Gasteiger partial charge in [-0.15, -0.1) is 0 Å². The van der Waals surface area contributed by atoms with Crippen molar-refractivity contribution in [3.63, 3.8) is 0 Å². The molecule has 1 aromatic heterocycles. The predicted molar refractivity (Wildman–Crippen MR) is 116 cm³/mol. The first kappa shape index (κ1) is 22.5. The second-order valence-electron chi connectivity index (χ2n) is 9.08. The molecule has 9 nitrogen and oxygen atoms in total. The number of nitrogens with one attached hydrogen (secondary N) is 3. The summed E-state index contributed by atoms with van der Waals surface area (Å²) < 4.78 is 27.4. The largest absolute Gasteiger partial charge is 0.355 e. The molecule has 2 heterocycles. The average Bonchev–Trinajstić information content (AvgIpc) is 3.04. The van der Waals surface area contributed by atoms with E-state index >= 15 is 0 Å². The summed E-state index contributed by atoms with van der Waals surface area (Å²) in [6.45, 7) is 6.25. The number of rotatable bonds is 7. The van der Waals surface area contributed by atoms with E-state index in [9.17, 15) is 18.0 Å². The van der Waals surface area contributed by atoms with Gasteiger partial charge in [-0.25, -0.2) is 13.2 Å². The summed E-state index contributed by atoms with van der Waals surface area (Å²) in [5.41, 5.74) is 0.600. The van der Waals surface area contributed by atoms with Crippen LogP contribution in [0.3, 0.4) is 0 Å². The number of carbonyl (C=O) groups excluding carboxylic acids is 1. The number of amides is 1. The Hall–Kier alpha value is -2.17. The Morgan fingerprint density at radius 1 is 1.20 bits per heavy atom. The lowest BCUT2D eigenvalue weighted by Crippen LogP contribution is -2.45. The normalized spacial score (nSPS) is 17.0. The minimum absolute atomic E-state index is 0.00908. The average molecular weight is 438 g/mol. The second-order valence-corrected chi connectivity index (χ2v) is 11.0. The van der Waals surface area contributed by atoms with Gasteiger partial charge in [0.15, 0.2) is 0 Å². The fourth-order valence-corrected chi connectivity index (χ4v) is 5.56. The molecule has 0 unspecified atom stereocenters. The molecule has 0 spiro atoms. The molecule has 3 rings (SSSR count). The van der Waals surface area contributed by atoms with Crippen LogP contribution in [0.5, 0.6) is 0 Å². The van der Waals surface area contributed by atoms with E-state index in [4.69, 9.17) is 0 Å². The first-order valence-corrected chi connectivity index (χ1v) is 11.6. The van der Waals surface area contributed by atoms with Crippen LogP contribution in [0.1, 0.15) is 26.7 Å². The maximum Gasteiger partial charge on any atom is 0.323 e. The topological polar surface area (TPSA) is 118 Å².